The van der Waals surface area contributed by atoms with Gasteiger partial charge in [-0.2, -0.15) is 9.97 Å². The van der Waals surface area contributed by atoms with Gasteiger partial charge in [0.15, 0.2) is 12.6 Å². The summed E-state index contributed by atoms with van der Waals surface area (Å²) in [7, 11) is -0.770. The summed E-state index contributed by atoms with van der Waals surface area (Å²) in [6.07, 6.45) is 2.88. The van der Waals surface area contributed by atoms with Gasteiger partial charge in [-0.1, -0.05) is 59.6 Å². The Hall–Kier alpha value is -4.51. The number of hydrogen-bond donors (Lipinski definition) is 1. The van der Waals surface area contributed by atoms with E-state index >= 15 is 8.78 Å². The maximum atomic E-state index is 17.7. The highest BCUT2D eigenvalue weighted by molar-refractivity contribution is 6.90. The van der Waals surface area contributed by atoms with Crippen LogP contribution in [-0.4, -0.2) is 92.0 Å². The molecule has 60 heavy (non-hydrogen) atoms. The van der Waals surface area contributed by atoms with Crippen LogP contribution in [0.2, 0.25) is 16.6 Å². The van der Waals surface area contributed by atoms with Crippen molar-refractivity contribution in [3.05, 3.63) is 53.6 Å². The summed E-state index contributed by atoms with van der Waals surface area (Å²) < 4.78 is 57.1. The smallest absolute Gasteiger partial charge is 0.410 e. The van der Waals surface area contributed by atoms with Gasteiger partial charge in [0, 0.05) is 42.0 Å². The van der Waals surface area contributed by atoms with Crippen LogP contribution in [-0.2, 0) is 9.47 Å². The standard InChI is InChI=1S/C47H60F2N4O6Si/c1-28(2)60(29(3)4,30(5)6)20-17-36-39(48)16-11-31-21-34(58-27-56-10)22-38(40(31)36)35-14-15-37-42(41(35)49)50-44(57-26-47(25-54)18-19-47)51-43(37)52-23-32-12-13-33(24-52)53(32)45(55)59-46(7,8)9/h11,14-16,21-22,28-30,32-33,54H,12-13,18-19,23-27H2,1-10H3. The quantitative estimate of drug-likeness (QED) is 0.0848. The first-order valence-electron chi connectivity index (χ1n) is 21.3. The molecular weight excluding hydrogens is 783 g/mol. The van der Waals surface area contributed by atoms with Crippen molar-refractivity contribution in [2.75, 3.05) is 45.1 Å². The monoisotopic (exact) mass is 842 g/mol. The van der Waals surface area contributed by atoms with Gasteiger partial charge in [0.25, 0.3) is 0 Å². The molecule has 7 rings (SSSR count). The van der Waals surface area contributed by atoms with Crippen molar-refractivity contribution in [2.45, 2.75) is 122 Å². The number of aliphatic hydroxyl groups is 1. The minimum Gasteiger partial charge on any atom is -0.468 e. The molecule has 1 aromatic heterocycles. The van der Waals surface area contributed by atoms with Crippen LogP contribution in [0.4, 0.5) is 19.4 Å². The number of ether oxygens (including phenoxy) is 4. The highest BCUT2D eigenvalue weighted by Gasteiger charge is 2.46. The Labute approximate surface area is 353 Å². The molecule has 1 amide bonds. The van der Waals surface area contributed by atoms with Gasteiger partial charge >= 0.3 is 12.1 Å². The lowest BCUT2D eigenvalue weighted by Crippen LogP contribution is -2.57. The first-order valence-corrected chi connectivity index (χ1v) is 23.6. The first kappa shape index (κ1) is 43.6. The molecule has 3 heterocycles. The van der Waals surface area contributed by atoms with E-state index < -0.39 is 25.3 Å². The van der Waals surface area contributed by atoms with E-state index in [9.17, 15) is 9.90 Å². The van der Waals surface area contributed by atoms with Crippen LogP contribution in [0.25, 0.3) is 32.8 Å². The number of rotatable bonds is 12. The highest BCUT2D eigenvalue weighted by Crippen LogP contribution is 2.46. The first-order chi connectivity index (χ1) is 28.4. The summed E-state index contributed by atoms with van der Waals surface area (Å²) >= 11 is 0. The Bertz CT molecular complexity index is 2300. The van der Waals surface area contributed by atoms with E-state index in [0.717, 1.165) is 25.7 Å². The molecule has 10 nitrogen and oxygen atoms in total. The van der Waals surface area contributed by atoms with Crippen LogP contribution in [0.5, 0.6) is 11.8 Å². The molecule has 3 aliphatic rings. The van der Waals surface area contributed by atoms with Gasteiger partial charge in [-0.3, -0.25) is 4.90 Å². The van der Waals surface area contributed by atoms with E-state index in [1.807, 2.05) is 25.7 Å². The average molecular weight is 843 g/mol. The zero-order chi connectivity index (χ0) is 43.3. The number of methoxy groups -OCH3 is 1. The summed E-state index contributed by atoms with van der Waals surface area (Å²) in [5.74, 6) is 3.14. The van der Waals surface area contributed by atoms with Gasteiger partial charge in [-0.15, -0.1) is 5.54 Å². The molecule has 0 spiro atoms. The summed E-state index contributed by atoms with van der Waals surface area (Å²) in [5, 5.41) is 11.6. The molecule has 13 heteroatoms. The van der Waals surface area contributed by atoms with Crippen LogP contribution in [0.1, 0.15) is 93.6 Å². The van der Waals surface area contributed by atoms with Gasteiger partial charge in [-0.25, -0.2) is 13.6 Å². The number of fused-ring (bicyclic) bond motifs is 4. The number of nitrogens with zero attached hydrogens (tertiary/aromatic N) is 4. The van der Waals surface area contributed by atoms with E-state index in [2.05, 4.69) is 62.9 Å². The van der Waals surface area contributed by atoms with Crippen molar-refractivity contribution < 1.29 is 37.6 Å². The van der Waals surface area contributed by atoms with Gasteiger partial charge in [0.1, 0.15) is 36.6 Å². The maximum absolute atomic E-state index is 17.7. The summed E-state index contributed by atoms with van der Waals surface area (Å²) in [6, 6.07) is 9.82. The lowest BCUT2D eigenvalue weighted by atomic mass is 9.93. The molecule has 2 aliphatic heterocycles. The number of carbonyl (C=O) groups is 1. The lowest BCUT2D eigenvalue weighted by Gasteiger charge is -2.42. The summed E-state index contributed by atoms with van der Waals surface area (Å²) in [4.78, 5) is 26.8. The second kappa shape index (κ2) is 16.7. The molecule has 322 valence electrons. The lowest BCUT2D eigenvalue weighted by molar-refractivity contribution is 0.0122. The Morgan fingerprint density at radius 1 is 0.950 bits per heavy atom. The number of aromatic nitrogens is 2. The van der Waals surface area contributed by atoms with Crippen molar-refractivity contribution >= 4 is 41.7 Å². The number of aliphatic hydroxyl groups excluding tert-OH is 1. The molecular formula is C47H60F2N4O6Si. The number of hydrogen-bond acceptors (Lipinski definition) is 9. The number of amides is 1. The SMILES string of the molecule is COCOc1cc(-c2ccc3c(N4CC5CCC(C4)N5C(=O)OC(C)(C)C)nc(OCC4(CO)CC4)nc3c2F)c2c(C#C[Si](C(C)C)(C(C)C)C(C)C)c(F)ccc2c1. The van der Waals surface area contributed by atoms with E-state index in [-0.39, 0.29) is 66.3 Å². The third-order valence-corrected chi connectivity index (χ3v) is 19.2. The molecule has 1 N–H and O–H groups in total. The van der Waals surface area contributed by atoms with Crippen molar-refractivity contribution in [3.63, 3.8) is 0 Å². The van der Waals surface area contributed by atoms with Gasteiger partial charge < -0.3 is 29.0 Å². The molecule has 2 saturated heterocycles. The minimum atomic E-state index is -2.29. The molecule has 0 radical (unpaired) electrons. The van der Waals surface area contributed by atoms with Crippen LogP contribution < -0.4 is 14.4 Å². The van der Waals surface area contributed by atoms with E-state index in [0.29, 0.717) is 63.0 Å². The molecule has 2 atom stereocenters. The van der Waals surface area contributed by atoms with E-state index in [1.165, 1.54) is 13.2 Å². The molecule has 3 aromatic carbocycles. The second-order valence-electron chi connectivity index (χ2n) is 19.0. The molecule has 1 aliphatic carbocycles. The molecule has 2 unspecified atom stereocenters. The molecule has 1 saturated carbocycles. The molecule has 4 aromatic rings. The fraction of sp³-hybridized carbons (Fsp3) is 0.553. The normalized spacial score (nSPS) is 18.7. The Kier molecular flexibility index (Phi) is 12.2. The van der Waals surface area contributed by atoms with Gasteiger partial charge in [0.2, 0.25) is 0 Å². The number of halogens is 2. The summed E-state index contributed by atoms with van der Waals surface area (Å²) in [6.45, 7) is 19.9. The topological polar surface area (TPSA) is 106 Å². The van der Waals surface area contributed by atoms with Crippen LogP contribution in [0.15, 0.2) is 36.4 Å². The second-order valence-corrected chi connectivity index (χ2v) is 24.5. The minimum absolute atomic E-state index is 0.00724. The van der Waals surface area contributed by atoms with Crippen LogP contribution in [0.3, 0.4) is 0 Å². The predicted molar refractivity (Wildman–Crippen MR) is 234 cm³/mol. The number of benzene rings is 3. The Morgan fingerprint density at radius 3 is 2.20 bits per heavy atom. The predicted octanol–water partition coefficient (Wildman–Crippen LogP) is 10.0. The van der Waals surface area contributed by atoms with E-state index in [4.69, 9.17) is 23.9 Å². The molecule has 3 fully saturated rings. The zero-order valence-corrected chi connectivity index (χ0v) is 37.7. The third kappa shape index (κ3) is 8.27. The fourth-order valence-corrected chi connectivity index (χ4v) is 14.8. The highest BCUT2D eigenvalue weighted by atomic mass is 28.3. The largest absolute Gasteiger partial charge is 0.468 e. The Morgan fingerprint density at radius 2 is 1.62 bits per heavy atom. The van der Waals surface area contributed by atoms with Crippen LogP contribution >= 0.6 is 0 Å². The van der Waals surface area contributed by atoms with Crippen molar-refractivity contribution in [2.24, 2.45) is 5.41 Å². The number of carbonyl (C=O) groups excluding carboxylic acids is 1. The van der Waals surface area contributed by atoms with Gasteiger partial charge in [-0.05, 0) is 98.3 Å². The van der Waals surface area contributed by atoms with Crippen molar-refractivity contribution in [1.29, 1.82) is 0 Å². The average Bonchev–Trinajstić information content (AvgIpc) is 3.92. The third-order valence-electron chi connectivity index (χ3n) is 12.9. The van der Waals surface area contributed by atoms with Crippen molar-refractivity contribution in [1.82, 2.24) is 14.9 Å². The molecule has 2 bridgehead atoms. The van der Waals surface area contributed by atoms with Gasteiger partial charge in [0.05, 0.1) is 30.9 Å². The zero-order valence-electron chi connectivity index (χ0n) is 36.7. The van der Waals surface area contributed by atoms with Crippen molar-refractivity contribution in [3.8, 4) is 34.4 Å². The fourth-order valence-electron chi connectivity index (χ4n) is 9.63. The number of piperazine rings is 1. The van der Waals surface area contributed by atoms with Crippen LogP contribution in [0, 0.1) is 28.5 Å². The summed E-state index contributed by atoms with van der Waals surface area (Å²) in [5.41, 5.74) is 4.48. The van der Waals surface area contributed by atoms with E-state index in [1.54, 1.807) is 30.3 Å². The maximum Gasteiger partial charge on any atom is 0.410 e. The Balaban J connectivity index is 1.40. The number of anilines is 1.